The second-order valence-electron chi connectivity index (χ2n) is 15.9. The molecule has 1 amide bonds. The molecule has 1 fully saturated rings. The number of benzene rings is 2. The number of amides is 1. The van der Waals surface area contributed by atoms with Gasteiger partial charge in [-0.15, -0.1) is 0 Å². The Morgan fingerprint density at radius 1 is 1.00 bits per heavy atom. The number of aryl methyl sites for hydroxylation is 1. The highest BCUT2D eigenvalue weighted by molar-refractivity contribution is 6.74. The molecule has 1 saturated heterocycles. The zero-order valence-electron chi connectivity index (χ0n) is 32.4. The van der Waals surface area contributed by atoms with E-state index in [2.05, 4.69) is 49.0 Å². The van der Waals surface area contributed by atoms with Crippen molar-refractivity contribution in [2.75, 3.05) is 45.2 Å². The third-order valence-electron chi connectivity index (χ3n) is 11.1. The van der Waals surface area contributed by atoms with E-state index in [4.69, 9.17) is 47.3 Å². The lowest BCUT2D eigenvalue weighted by Gasteiger charge is -2.37. The molecule has 2 aromatic heterocycles. The van der Waals surface area contributed by atoms with Crippen LogP contribution in [0.25, 0.3) is 22.4 Å². The van der Waals surface area contributed by atoms with Crippen LogP contribution in [0.3, 0.4) is 0 Å². The predicted molar refractivity (Wildman–Crippen MR) is 219 cm³/mol. The Kier molecular flexibility index (Phi) is 12.5. The smallest absolute Gasteiger partial charge is 0.274 e. The molecular formula is C41H52Cl2N6O4Si. The van der Waals surface area contributed by atoms with E-state index < -0.39 is 8.32 Å². The molecule has 10 nitrogen and oxygen atoms in total. The number of nitrogens with zero attached hydrogens (tertiary/aromatic N) is 5. The molecule has 288 valence electrons. The number of rotatable bonds is 11. The summed E-state index contributed by atoms with van der Waals surface area (Å²) in [6, 6.07) is 13.0. The van der Waals surface area contributed by atoms with E-state index in [9.17, 15) is 9.90 Å². The summed E-state index contributed by atoms with van der Waals surface area (Å²) in [5.41, 5.74) is 7.32. The summed E-state index contributed by atoms with van der Waals surface area (Å²) >= 11 is 14.1. The van der Waals surface area contributed by atoms with Gasteiger partial charge in [-0.05, 0) is 67.6 Å². The van der Waals surface area contributed by atoms with Crippen LogP contribution in [-0.4, -0.2) is 90.1 Å². The van der Waals surface area contributed by atoms with Crippen molar-refractivity contribution >= 4 is 43.1 Å². The molecule has 54 heavy (non-hydrogen) atoms. The maximum absolute atomic E-state index is 13.7. The Morgan fingerprint density at radius 3 is 2.39 bits per heavy atom. The molecule has 2 aliphatic heterocycles. The molecule has 4 aromatic rings. The third kappa shape index (κ3) is 8.99. The average Bonchev–Trinajstić information content (AvgIpc) is 3.13. The normalized spacial score (nSPS) is 16.0. The van der Waals surface area contributed by atoms with E-state index >= 15 is 0 Å². The number of anilines is 1. The molecule has 0 bridgehead atoms. The number of piperidine rings is 1. The highest BCUT2D eigenvalue weighted by Gasteiger charge is 2.37. The van der Waals surface area contributed by atoms with Gasteiger partial charge in [-0.1, -0.05) is 74.3 Å². The van der Waals surface area contributed by atoms with E-state index in [1.807, 2.05) is 43.3 Å². The minimum absolute atomic E-state index is 0.165. The molecule has 13 heteroatoms. The Labute approximate surface area is 330 Å². The van der Waals surface area contributed by atoms with Crippen molar-refractivity contribution < 1.29 is 19.1 Å². The van der Waals surface area contributed by atoms with Crippen LogP contribution in [0.5, 0.6) is 5.88 Å². The van der Waals surface area contributed by atoms with Crippen LogP contribution in [0.4, 0.5) is 5.69 Å². The fourth-order valence-corrected chi connectivity index (χ4v) is 8.43. The first-order valence-corrected chi connectivity index (χ1v) is 22.4. The third-order valence-corrected chi connectivity index (χ3v) is 16.5. The molecule has 0 radical (unpaired) electrons. The van der Waals surface area contributed by atoms with Crippen LogP contribution in [0.15, 0.2) is 48.7 Å². The number of halogens is 2. The lowest BCUT2D eigenvalue weighted by Crippen LogP contribution is -2.43. The SMILES string of the molecule is COc1nc(-c2cccc(-c3cccc(NC(=O)c4cc(C)c5c(n4)CN(CCO[Si](C)(C)C(C)(C)C)CC5)c3Cl)c2Cl)cnc1CN1CCC(O)CC1. The number of nitrogens with one attached hydrogen (secondary N) is 1. The van der Waals surface area contributed by atoms with Gasteiger partial charge in [0.2, 0.25) is 5.88 Å². The van der Waals surface area contributed by atoms with Gasteiger partial charge in [-0.25, -0.2) is 9.97 Å². The predicted octanol–water partition coefficient (Wildman–Crippen LogP) is 8.42. The molecule has 4 heterocycles. The fourth-order valence-electron chi connectivity index (χ4n) is 6.80. The number of carbonyl (C=O) groups is 1. The standard InChI is InChI=1S/C41H52Cl2N6O4Si/c1-26-22-33(45-35-24-49(19-16-28(26)35)20-21-53-54(6,7)41(2,3)4)39(51)46-32-13-9-11-30(38(32)43)29-10-8-12-31(37(29)42)34-23-44-36(40(47-34)52-5)25-48-17-14-27(50)15-18-48/h8-13,22-23,27,50H,14-21,24-25H2,1-7H3,(H,46,51). The summed E-state index contributed by atoms with van der Waals surface area (Å²) in [5.74, 6) is 0.0959. The van der Waals surface area contributed by atoms with Crippen molar-refractivity contribution in [1.29, 1.82) is 0 Å². The van der Waals surface area contributed by atoms with Crippen molar-refractivity contribution in [1.82, 2.24) is 24.8 Å². The number of hydrogen-bond acceptors (Lipinski definition) is 9. The fraction of sp³-hybridized carbons (Fsp3) is 0.463. The number of aliphatic hydroxyl groups excluding tert-OH is 1. The molecule has 0 unspecified atom stereocenters. The highest BCUT2D eigenvalue weighted by atomic mass is 35.5. The van der Waals surface area contributed by atoms with Crippen molar-refractivity contribution in [3.8, 4) is 28.3 Å². The van der Waals surface area contributed by atoms with E-state index in [1.54, 1.807) is 19.4 Å². The lowest BCUT2D eigenvalue weighted by molar-refractivity contribution is 0.0781. The number of ether oxygens (including phenoxy) is 1. The Balaban J connectivity index is 1.17. The average molecular weight is 792 g/mol. The van der Waals surface area contributed by atoms with E-state index in [0.717, 1.165) is 62.4 Å². The monoisotopic (exact) mass is 790 g/mol. The van der Waals surface area contributed by atoms with Crippen LogP contribution >= 0.6 is 23.2 Å². The number of likely N-dealkylation sites (tertiary alicyclic amines) is 1. The van der Waals surface area contributed by atoms with E-state index in [1.165, 1.54) is 5.56 Å². The maximum atomic E-state index is 13.7. The largest absolute Gasteiger partial charge is 0.480 e. The van der Waals surface area contributed by atoms with E-state index in [-0.39, 0.29) is 17.0 Å². The van der Waals surface area contributed by atoms with Crippen LogP contribution in [-0.2, 0) is 23.9 Å². The number of methoxy groups -OCH3 is 1. The van der Waals surface area contributed by atoms with Crippen molar-refractivity contribution in [2.24, 2.45) is 0 Å². The van der Waals surface area contributed by atoms with Gasteiger partial charge in [0.25, 0.3) is 5.91 Å². The zero-order valence-corrected chi connectivity index (χ0v) is 34.9. The van der Waals surface area contributed by atoms with Gasteiger partial charge in [0.05, 0.1) is 46.5 Å². The van der Waals surface area contributed by atoms with Gasteiger partial charge in [-0.3, -0.25) is 19.6 Å². The van der Waals surface area contributed by atoms with Gasteiger partial charge in [0.1, 0.15) is 11.4 Å². The summed E-state index contributed by atoms with van der Waals surface area (Å²) in [7, 11) is -0.246. The van der Waals surface area contributed by atoms with Crippen LogP contribution < -0.4 is 10.1 Å². The van der Waals surface area contributed by atoms with Crippen LogP contribution in [0, 0.1) is 6.92 Å². The van der Waals surface area contributed by atoms with E-state index in [0.29, 0.717) is 69.4 Å². The molecule has 0 aliphatic carbocycles. The Morgan fingerprint density at radius 2 is 1.69 bits per heavy atom. The van der Waals surface area contributed by atoms with Crippen LogP contribution in [0.1, 0.15) is 66.6 Å². The second kappa shape index (κ2) is 16.7. The summed E-state index contributed by atoms with van der Waals surface area (Å²) in [4.78, 5) is 32.7. The van der Waals surface area contributed by atoms with Gasteiger partial charge < -0.3 is 19.6 Å². The first-order chi connectivity index (χ1) is 25.6. The summed E-state index contributed by atoms with van der Waals surface area (Å²) in [5, 5.41) is 13.9. The van der Waals surface area contributed by atoms with Gasteiger partial charge in [0, 0.05) is 62.6 Å². The molecule has 6 rings (SSSR count). The lowest BCUT2D eigenvalue weighted by atomic mass is 9.98. The molecule has 2 aliphatic rings. The van der Waals surface area contributed by atoms with Crippen molar-refractivity contribution in [2.45, 2.75) is 84.3 Å². The topological polar surface area (TPSA) is 113 Å². The molecule has 2 N–H and O–H groups in total. The highest BCUT2D eigenvalue weighted by Crippen LogP contribution is 2.42. The summed E-state index contributed by atoms with van der Waals surface area (Å²) in [6.45, 7) is 18.6. The zero-order chi connectivity index (χ0) is 38.8. The van der Waals surface area contributed by atoms with Gasteiger partial charge in [0.15, 0.2) is 8.32 Å². The Bertz CT molecular complexity index is 2000. The Hall–Kier alpha value is -3.42. The quantitative estimate of drug-likeness (QED) is 0.145. The minimum Gasteiger partial charge on any atom is -0.480 e. The number of aromatic nitrogens is 3. The molecular weight excluding hydrogens is 739 g/mol. The molecule has 0 spiro atoms. The van der Waals surface area contributed by atoms with Crippen molar-refractivity contribution in [3.05, 3.63) is 86.9 Å². The molecule has 0 saturated carbocycles. The van der Waals surface area contributed by atoms with Gasteiger partial charge in [-0.2, -0.15) is 0 Å². The maximum Gasteiger partial charge on any atom is 0.274 e. The first-order valence-electron chi connectivity index (χ1n) is 18.7. The number of aliphatic hydroxyl groups is 1. The minimum atomic E-state index is -1.83. The number of fused-ring (bicyclic) bond motifs is 1. The van der Waals surface area contributed by atoms with Crippen molar-refractivity contribution in [3.63, 3.8) is 0 Å². The number of hydrogen-bond donors (Lipinski definition) is 2. The van der Waals surface area contributed by atoms with Gasteiger partial charge >= 0.3 is 0 Å². The first kappa shape index (κ1) is 40.2. The molecule has 0 atom stereocenters. The number of carbonyl (C=O) groups excluding carboxylic acids is 1. The summed E-state index contributed by atoms with van der Waals surface area (Å²) in [6.07, 6.45) is 3.82. The van der Waals surface area contributed by atoms with Crippen LogP contribution in [0.2, 0.25) is 28.2 Å². The summed E-state index contributed by atoms with van der Waals surface area (Å²) < 4.78 is 12.1. The second-order valence-corrected chi connectivity index (χ2v) is 21.5. The number of pyridine rings is 1. The molecule has 2 aromatic carbocycles.